The van der Waals surface area contributed by atoms with Gasteiger partial charge in [0.2, 0.25) is 8.32 Å². The molecule has 5 heteroatoms. The molecular formula is C13H22O2Si3. The van der Waals surface area contributed by atoms with Crippen LogP contribution in [0.5, 0.6) is 0 Å². The summed E-state index contributed by atoms with van der Waals surface area (Å²) in [6.07, 6.45) is 5.37. The summed E-state index contributed by atoms with van der Waals surface area (Å²) in [6, 6.07) is 8.15. The van der Waals surface area contributed by atoms with Crippen molar-refractivity contribution in [2.75, 3.05) is 0 Å². The predicted octanol–water partition coefficient (Wildman–Crippen LogP) is 1.95. The molecule has 0 bridgehead atoms. The highest BCUT2D eigenvalue weighted by Gasteiger charge is 2.35. The van der Waals surface area contributed by atoms with Crippen molar-refractivity contribution in [2.45, 2.75) is 32.7 Å². The van der Waals surface area contributed by atoms with Crippen LogP contribution in [0.3, 0.4) is 0 Å². The van der Waals surface area contributed by atoms with Crippen molar-refractivity contribution in [3.63, 3.8) is 0 Å². The standard InChI is InChI=1S/C13H22O2Si3/c1-7-12-8-10-13(11-9-12)17(3,4)15-18(5,6)14-16-2/h1,8-11H,16H2,2-6H3. The summed E-state index contributed by atoms with van der Waals surface area (Å²) in [7, 11) is -4.27. The fourth-order valence-corrected chi connectivity index (χ4v) is 11.9. The van der Waals surface area contributed by atoms with Crippen LogP contribution in [0.1, 0.15) is 5.56 Å². The second kappa shape index (κ2) is 6.00. The third-order valence-corrected chi connectivity index (χ3v) is 12.4. The van der Waals surface area contributed by atoms with Crippen molar-refractivity contribution in [3.05, 3.63) is 29.8 Å². The van der Waals surface area contributed by atoms with Gasteiger partial charge in [-0.25, -0.2) is 0 Å². The minimum absolute atomic E-state index is 0.417. The van der Waals surface area contributed by atoms with E-state index >= 15 is 0 Å². The van der Waals surface area contributed by atoms with Crippen molar-refractivity contribution in [1.29, 1.82) is 0 Å². The van der Waals surface area contributed by atoms with E-state index in [9.17, 15) is 0 Å². The lowest BCUT2D eigenvalue weighted by Gasteiger charge is -2.33. The van der Waals surface area contributed by atoms with Crippen LogP contribution < -0.4 is 5.19 Å². The molecule has 0 radical (unpaired) electrons. The van der Waals surface area contributed by atoms with E-state index in [0.29, 0.717) is 0 Å². The third kappa shape index (κ3) is 4.23. The Morgan fingerprint density at radius 3 is 2.11 bits per heavy atom. The molecule has 2 nitrogen and oxygen atoms in total. The van der Waals surface area contributed by atoms with Gasteiger partial charge in [0.1, 0.15) is 9.76 Å². The van der Waals surface area contributed by atoms with Crippen molar-refractivity contribution >= 4 is 31.8 Å². The smallest absolute Gasteiger partial charge is 0.311 e. The van der Waals surface area contributed by atoms with Crippen LogP contribution in [0, 0.1) is 12.3 Å². The zero-order valence-electron chi connectivity index (χ0n) is 11.9. The molecule has 0 amide bonds. The lowest BCUT2D eigenvalue weighted by molar-refractivity contribution is 0.415. The Morgan fingerprint density at radius 2 is 1.67 bits per heavy atom. The summed E-state index contributed by atoms with van der Waals surface area (Å²) in [5.41, 5.74) is 0.914. The molecule has 1 aromatic carbocycles. The lowest BCUT2D eigenvalue weighted by atomic mass is 10.2. The van der Waals surface area contributed by atoms with E-state index in [4.69, 9.17) is 14.7 Å². The van der Waals surface area contributed by atoms with Gasteiger partial charge < -0.3 is 8.23 Å². The quantitative estimate of drug-likeness (QED) is 0.610. The van der Waals surface area contributed by atoms with Gasteiger partial charge in [0.05, 0.1) is 0 Å². The summed E-state index contributed by atoms with van der Waals surface area (Å²) in [5.74, 6) is 2.64. The Hall–Kier alpha value is -0.649. The van der Waals surface area contributed by atoms with Gasteiger partial charge in [0.15, 0.2) is 0 Å². The van der Waals surface area contributed by atoms with Gasteiger partial charge in [-0.1, -0.05) is 24.6 Å². The molecule has 0 atom stereocenters. The largest absolute Gasteiger partial charge is 0.442 e. The lowest BCUT2D eigenvalue weighted by Crippen LogP contribution is -2.54. The molecular weight excluding hydrogens is 272 g/mol. The zero-order valence-corrected chi connectivity index (χ0v) is 15.3. The molecule has 0 unspecified atom stereocenters. The van der Waals surface area contributed by atoms with Crippen LogP contribution in [0.25, 0.3) is 0 Å². The maximum Gasteiger partial charge on any atom is 0.311 e. The number of hydrogen-bond donors (Lipinski definition) is 0. The van der Waals surface area contributed by atoms with Crippen molar-refractivity contribution in [2.24, 2.45) is 0 Å². The SMILES string of the molecule is C#Cc1ccc([Si](C)(C)O[Si](C)(C)O[SiH2]C)cc1. The number of benzene rings is 1. The van der Waals surface area contributed by atoms with Gasteiger partial charge >= 0.3 is 8.56 Å². The maximum absolute atomic E-state index is 6.36. The summed E-state index contributed by atoms with van der Waals surface area (Å²) < 4.78 is 12.3. The molecule has 0 saturated carbocycles. The number of terminal acetylenes is 1. The van der Waals surface area contributed by atoms with E-state index in [0.717, 1.165) is 5.56 Å². The van der Waals surface area contributed by atoms with Crippen LogP contribution in [0.4, 0.5) is 0 Å². The first kappa shape index (κ1) is 15.4. The maximum atomic E-state index is 6.36. The monoisotopic (exact) mass is 294 g/mol. The van der Waals surface area contributed by atoms with Gasteiger partial charge in [0.25, 0.3) is 0 Å². The van der Waals surface area contributed by atoms with Gasteiger partial charge in [-0.15, -0.1) is 6.42 Å². The molecule has 98 valence electrons. The predicted molar refractivity (Wildman–Crippen MR) is 85.6 cm³/mol. The average Bonchev–Trinajstić information content (AvgIpc) is 2.27. The normalized spacial score (nSPS) is 12.9. The van der Waals surface area contributed by atoms with E-state index in [1.165, 1.54) is 5.19 Å². The summed E-state index contributed by atoms with van der Waals surface area (Å²) in [4.78, 5) is 0. The van der Waals surface area contributed by atoms with Gasteiger partial charge in [-0.05, 0) is 43.5 Å². The van der Waals surface area contributed by atoms with Crippen LogP contribution >= 0.6 is 0 Å². The first-order chi connectivity index (χ1) is 8.30. The number of rotatable bonds is 5. The van der Waals surface area contributed by atoms with Crippen LogP contribution in [-0.2, 0) is 8.23 Å². The highest BCUT2D eigenvalue weighted by Crippen LogP contribution is 2.15. The minimum Gasteiger partial charge on any atom is -0.442 e. The molecule has 0 fully saturated rings. The Morgan fingerprint density at radius 1 is 1.11 bits per heavy atom. The second-order valence-electron chi connectivity index (χ2n) is 5.17. The average molecular weight is 295 g/mol. The first-order valence-electron chi connectivity index (χ1n) is 6.22. The van der Waals surface area contributed by atoms with Crippen molar-refractivity contribution < 1.29 is 8.23 Å². The molecule has 0 aromatic heterocycles. The molecule has 1 aromatic rings. The minimum atomic E-state index is -1.96. The fourth-order valence-electron chi connectivity index (χ4n) is 2.02. The van der Waals surface area contributed by atoms with Crippen molar-refractivity contribution in [3.8, 4) is 12.3 Å². The molecule has 0 heterocycles. The Balaban J connectivity index is 2.88. The molecule has 1 rings (SSSR count). The Kier molecular flexibility index (Phi) is 5.13. The fraction of sp³-hybridized carbons (Fsp3) is 0.385. The summed E-state index contributed by atoms with van der Waals surface area (Å²) in [5, 5.41) is 1.27. The highest BCUT2D eigenvalue weighted by atomic mass is 28.5. The Labute approximate surface area is 115 Å². The van der Waals surface area contributed by atoms with Gasteiger partial charge in [0, 0.05) is 5.56 Å². The van der Waals surface area contributed by atoms with E-state index in [-0.39, 0.29) is 0 Å². The van der Waals surface area contributed by atoms with Gasteiger partial charge in [-0.3, -0.25) is 0 Å². The topological polar surface area (TPSA) is 18.5 Å². The third-order valence-electron chi connectivity index (χ3n) is 2.74. The van der Waals surface area contributed by atoms with Crippen LogP contribution in [-0.4, -0.2) is 26.6 Å². The molecule has 18 heavy (non-hydrogen) atoms. The van der Waals surface area contributed by atoms with E-state index in [1.807, 2.05) is 12.1 Å². The molecule has 0 aliphatic carbocycles. The molecule has 0 aliphatic heterocycles. The van der Waals surface area contributed by atoms with E-state index in [1.54, 1.807) is 0 Å². The van der Waals surface area contributed by atoms with Crippen LogP contribution in [0.2, 0.25) is 32.7 Å². The van der Waals surface area contributed by atoms with Crippen molar-refractivity contribution in [1.82, 2.24) is 0 Å². The van der Waals surface area contributed by atoms with Gasteiger partial charge in [-0.2, -0.15) is 0 Å². The Bertz CT molecular complexity index is 433. The molecule has 0 spiro atoms. The highest BCUT2D eigenvalue weighted by molar-refractivity contribution is 6.91. The van der Waals surface area contributed by atoms with Crippen LogP contribution in [0.15, 0.2) is 24.3 Å². The summed E-state index contributed by atoms with van der Waals surface area (Å²) in [6.45, 7) is 10.8. The second-order valence-corrected chi connectivity index (χ2v) is 14.1. The number of hydrogen-bond acceptors (Lipinski definition) is 2. The van der Waals surface area contributed by atoms with E-state index in [2.05, 4.69) is 50.8 Å². The summed E-state index contributed by atoms with van der Waals surface area (Å²) >= 11 is 0. The first-order valence-corrected chi connectivity index (χ1v) is 13.9. The zero-order chi connectivity index (χ0) is 13.8. The molecule has 0 aliphatic rings. The molecule has 0 saturated heterocycles. The molecule has 0 N–H and O–H groups in total. The van der Waals surface area contributed by atoms with E-state index < -0.39 is 26.6 Å².